The van der Waals surface area contributed by atoms with Gasteiger partial charge in [0.05, 0.1) is 6.20 Å². The van der Waals surface area contributed by atoms with Gasteiger partial charge in [-0.25, -0.2) is 4.98 Å². The molecule has 1 heterocycles. The normalized spacial score (nSPS) is 11.5. The zero-order chi connectivity index (χ0) is 20.6. The second-order valence-corrected chi connectivity index (χ2v) is 7.32. The summed E-state index contributed by atoms with van der Waals surface area (Å²) in [5.74, 6) is 0.334. The van der Waals surface area contributed by atoms with Crippen LogP contribution in [-0.4, -0.2) is 17.4 Å². The molecule has 2 aromatic carbocycles. The Labute approximate surface area is 176 Å². The molecule has 0 bridgehead atoms. The lowest BCUT2D eigenvalue weighted by Gasteiger charge is -2.12. The third-order valence-electron chi connectivity index (χ3n) is 4.66. The Morgan fingerprint density at radius 3 is 2.76 bits per heavy atom. The van der Waals surface area contributed by atoms with E-state index in [0.29, 0.717) is 23.7 Å². The molecule has 0 aliphatic heterocycles. The van der Waals surface area contributed by atoms with Crippen LogP contribution >= 0.6 is 11.6 Å². The van der Waals surface area contributed by atoms with Gasteiger partial charge in [0.2, 0.25) is 0 Å². The maximum absolute atomic E-state index is 12.4. The molecule has 4 nitrogen and oxygen atoms in total. The smallest absolute Gasteiger partial charge is 0.307 e. The van der Waals surface area contributed by atoms with E-state index < -0.39 is 0 Å². The van der Waals surface area contributed by atoms with E-state index >= 15 is 0 Å². The van der Waals surface area contributed by atoms with Gasteiger partial charge in [0.25, 0.3) is 5.89 Å². The molecule has 0 radical (unpaired) electrons. The molecule has 1 N–H and O–H groups in total. The van der Waals surface area contributed by atoms with Gasteiger partial charge >= 0.3 is 5.91 Å². The highest BCUT2D eigenvalue weighted by Gasteiger charge is 2.14. The van der Waals surface area contributed by atoms with Crippen LogP contribution in [0.5, 0.6) is 0 Å². The summed E-state index contributed by atoms with van der Waals surface area (Å²) in [4.78, 5) is 16.5. The number of hydrogen-bond acceptors (Lipinski definition) is 3. The number of hydrogen-bond donors (Lipinski definition) is 1. The number of halogens is 1. The minimum Gasteiger partial charge on any atom is -0.432 e. The molecule has 0 unspecified atom stereocenters. The summed E-state index contributed by atoms with van der Waals surface area (Å²) in [5, 5.41) is 3.62. The van der Waals surface area contributed by atoms with E-state index in [0.717, 1.165) is 24.0 Å². The topological polar surface area (TPSA) is 55.1 Å². The number of rotatable bonds is 8. The molecule has 29 heavy (non-hydrogen) atoms. The number of aryl methyl sites for hydroxylation is 1. The molecule has 3 rings (SSSR count). The number of allylic oxidation sites excluding steroid dienone is 1. The minimum atomic E-state index is -0.315. The number of unbranched alkanes of at least 4 members (excludes halogenated alkanes) is 1. The van der Waals surface area contributed by atoms with E-state index in [1.807, 2.05) is 48.5 Å². The molecule has 0 aliphatic carbocycles. The van der Waals surface area contributed by atoms with E-state index in [1.165, 1.54) is 11.1 Å². The molecule has 0 saturated carbocycles. The lowest BCUT2D eigenvalue weighted by atomic mass is 9.97. The van der Waals surface area contributed by atoms with Crippen LogP contribution in [-0.2, 0) is 0 Å². The summed E-state index contributed by atoms with van der Waals surface area (Å²) < 4.78 is 5.62. The first-order valence-electron chi connectivity index (χ1n) is 9.83. The highest BCUT2D eigenvalue weighted by molar-refractivity contribution is 6.30. The largest absolute Gasteiger partial charge is 0.432 e. The molecular weight excluding hydrogens is 384 g/mol. The van der Waals surface area contributed by atoms with Gasteiger partial charge in [0, 0.05) is 17.1 Å². The number of nitrogens with zero attached hydrogens (tertiary/aromatic N) is 1. The predicted octanol–water partition coefficient (Wildman–Crippen LogP) is 6.31. The molecule has 1 aromatic heterocycles. The van der Waals surface area contributed by atoms with Crippen LogP contribution in [0.25, 0.3) is 16.9 Å². The molecule has 3 aromatic rings. The quantitative estimate of drug-likeness (QED) is 0.475. The number of carbonyl (C=O) groups is 1. The van der Waals surface area contributed by atoms with Gasteiger partial charge in [-0.1, -0.05) is 67.4 Å². The SMILES string of the molecule is CCC/C=C(/CCNC(=O)c1ncc(-c2ccccc2)o1)c1cc(Cl)ccc1C. The lowest BCUT2D eigenvalue weighted by molar-refractivity contribution is 0.0921. The fourth-order valence-corrected chi connectivity index (χ4v) is 3.28. The monoisotopic (exact) mass is 408 g/mol. The lowest BCUT2D eigenvalue weighted by Crippen LogP contribution is -2.24. The van der Waals surface area contributed by atoms with Crippen LogP contribution in [0.4, 0.5) is 0 Å². The highest BCUT2D eigenvalue weighted by Crippen LogP contribution is 2.26. The van der Waals surface area contributed by atoms with Crippen molar-refractivity contribution in [3.63, 3.8) is 0 Å². The van der Waals surface area contributed by atoms with Crippen molar-refractivity contribution in [2.45, 2.75) is 33.1 Å². The Bertz CT molecular complexity index is 993. The van der Waals surface area contributed by atoms with Crippen molar-refractivity contribution >= 4 is 23.1 Å². The van der Waals surface area contributed by atoms with Crippen molar-refractivity contribution in [3.8, 4) is 11.3 Å². The van der Waals surface area contributed by atoms with Crippen LogP contribution in [0, 0.1) is 6.92 Å². The Balaban J connectivity index is 1.64. The first-order valence-corrected chi connectivity index (χ1v) is 10.2. The summed E-state index contributed by atoms with van der Waals surface area (Å²) in [5.41, 5.74) is 4.37. The van der Waals surface area contributed by atoms with E-state index in [9.17, 15) is 4.79 Å². The minimum absolute atomic E-state index is 0.0712. The number of amides is 1. The number of carbonyl (C=O) groups excluding carboxylic acids is 1. The van der Waals surface area contributed by atoms with Gasteiger partial charge in [-0.15, -0.1) is 0 Å². The number of oxazole rings is 1. The van der Waals surface area contributed by atoms with Gasteiger partial charge in [-0.2, -0.15) is 0 Å². The third kappa shape index (κ3) is 5.58. The average molecular weight is 409 g/mol. The van der Waals surface area contributed by atoms with Crippen molar-refractivity contribution in [1.29, 1.82) is 0 Å². The van der Waals surface area contributed by atoms with E-state index in [-0.39, 0.29) is 11.8 Å². The van der Waals surface area contributed by atoms with Crippen molar-refractivity contribution in [1.82, 2.24) is 10.3 Å². The second kappa shape index (κ2) is 10.1. The standard InChI is InChI=1S/C24H25ClN2O2/c1-3-4-8-18(21-15-20(25)12-11-17(21)2)13-14-26-23(28)24-27-16-22(29-24)19-9-6-5-7-10-19/h5-12,15-16H,3-4,13-14H2,1-2H3,(H,26,28)/b18-8-. The average Bonchev–Trinajstić information content (AvgIpc) is 3.23. The van der Waals surface area contributed by atoms with Gasteiger partial charge in [0.15, 0.2) is 5.76 Å². The number of nitrogens with one attached hydrogen (secondary N) is 1. The Kier molecular flexibility index (Phi) is 7.25. The number of aromatic nitrogens is 1. The van der Waals surface area contributed by atoms with Crippen LogP contribution in [0.15, 0.2) is 65.2 Å². The van der Waals surface area contributed by atoms with Crippen LogP contribution < -0.4 is 5.32 Å². The summed E-state index contributed by atoms with van der Waals surface area (Å²) in [6, 6.07) is 15.5. The van der Waals surface area contributed by atoms with Crippen molar-refractivity contribution in [3.05, 3.63) is 82.8 Å². The summed E-state index contributed by atoms with van der Waals surface area (Å²) in [6.07, 6.45) is 6.55. The van der Waals surface area contributed by atoms with E-state index in [1.54, 1.807) is 6.20 Å². The summed E-state index contributed by atoms with van der Waals surface area (Å²) in [7, 11) is 0. The Hall–Kier alpha value is -2.85. The zero-order valence-corrected chi connectivity index (χ0v) is 17.5. The first-order chi connectivity index (χ1) is 14.1. The van der Waals surface area contributed by atoms with Crippen LogP contribution in [0.3, 0.4) is 0 Å². The molecule has 0 fully saturated rings. The van der Waals surface area contributed by atoms with Gasteiger partial charge in [0.1, 0.15) is 0 Å². The molecule has 0 spiro atoms. The molecule has 150 valence electrons. The number of benzene rings is 2. The van der Waals surface area contributed by atoms with Crippen LogP contribution in [0.1, 0.15) is 48.0 Å². The second-order valence-electron chi connectivity index (χ2n) is 6.88. The highest BCUT2D eigenvalue weighted by atomic mass is 35.5. The van der Waals surface area contributed by atoms with Crippen molar-refractivity contribution in [2.75, 3.05) is 6.54 Å². The van der Waals surface area contributed by atoms with Gasteiger partial charge in [-0.3, -0.25) is 4.79 Å². The fraction of sp³-hybridized carbons (Fsp3) is 0.250. The van der Waals surface area contributed by atoms with Gasteiger partial charge < -0.3 is 9.73 Å². The first kappa shape index (κ1) is 20.9. The maximum atomic E-state index is 12.4. The van der Waals surface area contributed by atoms with Crippen LogP contribution in [0.2, 0.25) is 5.02 Å². The molecule has 0 saturated heterocycles. The molecule has 0 aliphatic rings. The molecule has 0 atom stereocenters. The Morgan fingerprint density at radius 1 is 1.21 bits per heavy atom. The van der Waals surface area contributed by atoms with Gasteiger partial charge in [-0.05, 0) is 48.6 Å². The molecule has 1 amide bonds. The van der Waals surface area contributed by atoms with Crippen molar-refractivity contribution < 1.29 is 9.21 Å². The zero-order valence-electron chi connectivity index (χ0n) is 16.7. The predicted molar refractivity (Wildman–Crippen MR) is 118 cm³/mol. The molecular formula is C24H25ClN2O2. The summed E-state index contributed by atoms with van der Waals surface area (Å²) >= 11 is 6.19. The Morgan fingerprint density at radius 2 is 2.00 bits per heavy atom. The third-order valence-corrected chi connectivity index (χ3v) is 4.90. The van der Waals surface area contributed by atoms with E-state index in [2.05, 4.69) is 30.2 Å². The molecule has 5 heteroatoms. The maximum Gasteiger partial charge on any atom is 0.307 e. The van der Waals surface area contributed by atoms with Crippen molar-refractivity contribution in [2.24, 2.45) is 0 Å². The van der Waals surface area contributed by atoms with E-state index in [4.69, 9.17) is 16.0 Å². The summed E-state index contributed by atoms with van der Waals surface area (Å²) in [6.45, 7) is 4.71. The fourth-order valence-electron chi connectivity index (χ4n) is 3.11.